The number of amides is 5. The third kappa shape index (κ3) is 4.84. The van der Waals surface area contributed by atoms with Gasteiger partial charge in [0.2, 0.25) is 5.91 Å². The maximum absolute atomic E-state index is 13.6. The Morgan fingerprint density at radius 2 is 1.95 bits per heavy atom. The molecule has 10 nitrogen and oxygen atoms in total. The molecule has 5 amide bonds. The predicted molar refractivity (Wildman–Crippen MR) is 133 cm³/mol. The molecule has 38 heavy (non-hydrogen) atoms. The Morgan fingerprint density at radius 3 is 2.61 bits per heavy atom. The zero-order valence-electron chi connectivity index (χ0n) is 20.8. The number of hydrogen-bond acceptors (Lipinski definition) is 6. The second-order valence-corrected chi connectivity index (χ2v) is 10.9. The van der Waals surface area contributed by atoms with Crippen LogP contribution in [0.2, 0.25) is 0 Å². The lowest BCUT2D eigenvalue weighted by atomic mass is 9.81. The van der Waals surface area contributed by atoms with Crippen molar-refractivity contribution in [3.8, 4) is 5.06 Å². The number of likely N-dealkylation sites (tertiary alicyclic amines) is 2. The van der Waals surface area contributed by atoms with Crippen molar-refractivity contribution in [2.75, 3.05) is 56.6 Å². The number of carbonyl (C=O) groups excluding carboxylic acids is 3. The average molecular weight is 553 g/mol. The van der Waals surface area contributed by atoms with Gasteiger partial charge in [0, 0.05) is 63.2 Å². The lowest BCUT2D eigenvalue weighted by molar-refractivity contribution is -0.137. The quantitative estimate of drug-likeness (QED) is 0.605. The first-order valence-corrected chi connectivity index (χ1v) is 12.9. The van der Waals surface area contributed by atoms with Crippen LogP contribution >= 0.6 is 11.3 Å². The van der Waals surface area contributed by atoms with Crippen LogP contribution < -0.4 is 20.3 Å². The molecule has 2 aromatic rings. The minimum atomic E-state index is -4.55. The maximum atomic E-state index is 13.6. The lowest BCUT2D eigenvalue weighted by Crippen LogP contribution is -2.54. The van der Waals surface area contributed by atoms with Crippen LogP contribution in [0.25, 0.3) is 0 Å². The summed E-state index contributed by atoms with van der Waals surface area (Å²) < 4.78 is 45.9. The SMILES string of the molecule is COc1cnc(NC(=O)N2CC3(CCN(C(=O)NCC4CN(C(C)=O)C4)C3)c3cc(C(F)(F)F)ccc32)s1. The highest BCUT2D eigenvalue weighted by atomic mass is 32.1. The number of urea groups is 2. The number of carbonyl (C=O) groups is 3. The van der Waals surface area contributed by atoms with Crippen LogP contribution in [0, 0.1) is 5.92 Å². The summed E-state index contributed by atoms with van der Waals surface area (Å²) in [5, 5.41) is 6.38. The number of anilines is 2. The minimum absolute atomic E-state index is 0.00484. The van der Waals surface area contributed by atoms with Gasteiger partial charge in [0.25, 0.3) is 0 Å². The van der Waals surface area contributed by atoms with Crippen LogP contribution in [0.4, 0.5) is 33.6 Å². The normalized spacial score (nSPS) is 20.9. The van der Waals surface area contributed by atoms with Gasteiger partial charge in [-0.25, -0.2) is 14.6 Å². The van der Waals surface area contributed by atoms with Crippen LogP contribution in [0.15, 0.2) is 24.4 Å². The number of aromatic nitrogens is 1. The van der Waals surface area contributed by atoms with E-state index in [0.29, 0.717) is 54.0 Å². The number of fused-ring (bicyclic) bond motifs is 2. The van der Waals surface area contributed by atoms with Gasteiger partial charge in [-0.15, -0.1) is 0 Å². The van der Waals surface area contributed by atoms with Crippen LogP contribution in [0.5, 0.6) is 5.06 Å². The average Bonchev–Trinajstić information content (AvgIpc) is 3.55. The van der Waals surface area contributed by atoms with Crippen LogP contribution in [-0.2, 0) is 16.4 Å². The number of hydrogen-bond donors (Lipinski definition) is 2. The van der Waals surface area contributed by atoms with Gasteiger partial charge in [-0.2, -0.15) is 13.2 Å². The van der Waals surface area contributed by atoms with E-state index in [9.17, 15) is 27.6 Å². The number of methoxy groups -OCH3 is 1. The summed E-state index contributed by atoms with van der Waals surface area (Å²) in [5.41, 5.74) is -0.871. The van der Waals surface area contributed by atoms with Crippen molar-refractivity contribution in [3.05, 3.63) is 35.5 Å². The highest BCUT2D eigenvalue weighted by Crippen LogP contribution is 2.48. The molecule has 3 aliphatic rings. The molecule has 1 aromatic carbocycles. The molecule has 2 fully saturated rings. The first-order valence-electron chi connectivity index (χ1n) is 12.1. The molecule has 1 unspecified atom stereocenters. The van der Waals surface area contributed by atoms with Gasteiger partial charge in [-0.05, 0) is 30.2 Å². The molecule has 0 bridgehead atoms. The van der Waals surface area contributed by atoms with Crippen LogP contribution in [0.1, 0.15) is 24.5 Å². The molecule has 204 valence electrons. The van der Waals surface area contributed by atoms with Crippen molar-refractivity contribution < 1.29 is 32.3 Å². The summed E-state index contributed by atoms with van der Waals surface area (Å²) >= 11 is 1.13. The molecule has 0 radical (unpaired) electrons. The molecule has 4 heterocycles. The molecule has 0 aliphatic carbocycles. The van der Waals surface area contributed by atoms with Crippen molar-refractivity contribution >= 4 is 40.1 Å². The maximum Gasteiger partial charge on any atom is 0.416 e. The summed E-state index contributed by atoms with van der Waals surface area (Å²) in [4.78, 5) is 46.2. The Bertz CT molecular complexity index is 1260. The monoisotopic (exact) mass is 552 g/mol. The Hall–Kier alpha value is -3.55. The highest BCUT2D eigenvalue weighted by Gasteiger charge is 2.51. The molecule has 2 saturated heterocycles. The Labute approximate surface area is 220 Å². The van der Waals surface area contributed by atoms with E-state index >= 15 is 0 Å². The number of rotatable bonds is 4. The molecular weight excluding hydrogens is 525 g/mol. The largest absolute Gasteiger partial charge is 0.486 e. The minimum Gasteiger partial charge on any atom is -0.486 e. The number of ether oxygens (including phenoxy) is 1. The van der Waals surface area contributed by atoms with E-state index in [0.717, 1.165) is 23.5 Å². The summed E-state index contributed by atoms with van der Waals surface area (Å²) in [5.74, 6) is 0.166. The molecule has 1 spiro atoms. The Morgan fingerprint density at radius 1 is 1.18 bits per heavy atom. The van der Waals surface area contributed by atoms with Gasteiger partial charge < -0.3 is 19.9 Å². The molecule has 3 aliphatic heterocycles. The fourth-order valence-corrected chi connectivity index (χ4v) is 5.91. The Kier molecular flexibility index (Phi) is 6.61. The second kappa shape index (κ2) is 9.64. The zero-order valence-corrected chi connectivity index (χ0v) is 21.6. The molecule has 1 atom stereocenters. The summed E-state index contributed by atoms with van der Waals surface area (Å²) in [6.45, 7) is 3.71. The summed E-state index contributed by atoms with van der Waals surface area (Å²) in [6.07, 6.45) is -2.68. The van der Waals surface area contributed by atoms with Gasteiger partial charge in [-0.3, -0.25) is 15.0 Å². The van der Waals surface area contributed by atoms with Crippen molar-refractivity contribution in [1.29, 1.82) is 0 Å². The first kappa shape index (κ1) is 26.1. The van der Waals surface area contributed by atoms with Gasteiger partial charge in [0.05, 0.1) is 18.9 Å². The third-order valence-electron chi connectivity index (χ3n) is 7.38. The fraction of sp³-hybridized carbons (Fsp3) is 0.500. The van der Waals surface area contributed by atoms with Crippen molar-refractivity contribution in [1.82, 2.24) is 20.1 Å². The lowest BCUT2D eigenvalue weighted by Gasteiger charge is -2.38. The molecule has 0 saturated carbocycles. The number of nitrogens with zero attached hydrogens (tertiary/aromatic N) is 4. The van der Waals surface area contributed by atoms with E-state index in [4.69, 9.17) is 4.74 Å². The standard InChI is InChI=1S/C24H27F3N6O4S/c1-14(34)32-10-15(11-32)8-29-21(35)31-6-5-23(12-31)13-33(22(36)30-20-28-9-19(37-2)38-20)18-4-3-16(7-17(18)23)24(25,26)27/h3-4,7,9,15H,5-6,8,10-13H2,1-2H3,(H,29,35)(H,28,30,36). The number of halogens is 3. The number of benzene rings is 1. The van der Waals surface area contributed by atoms with E-state index in [-0.39, 0.29) is 30.9 Å². The van der Waals surface area contributed by atoms with Gasteiger partial charge in [0.1, 0.15) is 0 Å². The van der Waals surface area contributed by atoms with Gasteiger partial charge in [0.15, 0.2) is 10.2 Å². The highest BCUT2D eigenvalue weighted by molar-refractivity contribution is 7.17. The fourth-order valence-electron chi connectivity index (χ4n) is 5.29. The molecule has 2 N–H and O–H groups in total. The van der Waals surface area contributed by atoms with Crippen molar-refractivity contribution in [3.63, 3.8) is 0 Å². The van der Waals surface area contributed by atoms with Gasteiger partial charge >= 0.3 is 18.2 Å². The van der Waals surface area contributed by atoms with Crippen molar-refractivity contribution in [2.45, 2.75) is 24.9 Å². The first-order chi connectivity index (χ1) is 18.0. The molecule has 14 heteroatoms. The van der Waals surface area contributed by atoms with E-state index in [1.54, 1.807) is 9.80 Å². The summed E-state index contributed by atoms with van der Waals surface area (Å²) in [7, 11) is 1.48. The number of nitrogens with one attached hydrogen (secondary N) is 2. The zero-order chi connectivity index (χ0) is 27.2. The van der Waals surface area contributed by atoms with Crippen molar-refractivity contribution in [2.24, 2.45) is 5.92 Å². The molecule has 1 aromatic heterocycles. The van der Waals surface area contributed by atoms with E-state index < -0.39 is 23.2 Å². The van der Waals surface area contributed by atoms with Gasteiger partial charge in [-0.1, -0.05) is 11.3 Å². The van der Waals surface area contributed by atoms with E-state index in [1.165, 1.54) is 31.2 Å². The smallest absolute Gasteiger partial charge is 0.416 e. The summed E-state index contributed by atoms with van der Waals surface area (Å²) in [6, 6.07) is 2.54. The predicted octanol–water partition coefficient (Wildman–Crippen LogP) is 3.35. The number of alkyl halides is 3. The molecular formula is C24H27F3N6O4S. The third-order valence-corrected chi connectivity index (χ3v) is 8.25. The second-order valence-electron chi connectivity index (χ2n) is 9.86. The van der Waals surface area contributed by atoms with E-state index in [2.05, 4.69) is 15.6 Å². The van der Waals surface area contributed by atoms with Crippen LogP contribution in [-0.4, -0.2) is 79.1 Å². The topological polar surface area (TPSA) is 107 Å². The number of thiazole rings is 1. The Balaban J connectivity index is 1.33. The molecule has 5 rings (SSSR count). The van der Waals surface area contributed by atoms with E-state index in [1.807, 2.05) is 0 Å². The van der Waals surface area contributed by atoms with Crippen LogP contribution in [0.3, 0.4) is 0 Å².